The normalized spacial score (nSPS) is 17.5. The van der Waals surface area contributed by atoms with Crippen LogP contribution in [0.1, 0.15) is 38.5 Å². The zero-order valence-electron chi connectivity index (χ0n) is 11.4. The van der Waals surface area contributed by atoms with E-state index in [4.69, 9.17) is 11.6 Å². The van der Waals surface area contributed by atoms with Crippen molar-refractivity contribution in [2.45, 2.75) is 57.3 Å². The molecule has 1 heterocycles. The largest absolute Gasteiger partial charge is 0.408 e. The van der Waals surface area contributed by atoms with Gasteiger partial charge in [-0.05, 0) is 12.8 Å². The van der Waals surface area contributed by atoms with E-state index in [1.165, 1.54) is 19.0 Å². The van der Waals surface area contributed by atoms with Crippen LogP contribution in [0.5, 0.6) is 0 Å². The first-order valence-electron chi connectivity index (χ1n) is 6.96. The molecule has 0 spiro atoms. The Hall–Kier alpha value is -1.24. The fourth-order valence-electron chi connectivity index (χ4n) is 2.49. The number of anilines is 1. The SMILES string of the molecule is O=c1c(Cl)c(NC2CCCCCC2)cnn1CC(F)(F)F. The molecule has 1 N–H and O–H groups in total. The minimum Gasteiger partial charge on any atom is -0.380 e. The van der Waals surface area contributed by atoms with E-state index in [0.29, 0.717) is 10.4 Å². The summed E-state index contributed by atoms with van der Waals surface area (Å²) in [5, 5.41) is 6.44. The van der Waals surface area contributed by atoms with E-state index in [-0.39, 0.29) is 11.1 Å². The Labute approximate surface area is 125 Å². The van der Waals surface area contributed by atoms with Crippen LogP contribution in [-0.4, -0.2) is 22.0 Å². The van der Waals surface area contributed by atoms with Gasteiger partial charge in [0.25, 0.3) is 5.56 Å². The Bertz CT molecular complexity index is 536. The van der Waals surface area contributed by atoms with Crippen molar-refractivity contribution in [2.75, 3.05) is 5.32 Å². The van der Waals surface area contributed by atoms with Crippen LogP contribution in [0, 0.1) is 0 Å². The number of halogens is 4. The van der Waals surface area contributed by atoms with Gasteiger partial charge in [0.2, 0.25) is 0 Å². The van der Waals surface area contributed by atoms with Gasteiger partial charge in [-0.15, -0.1) is 0 Å². The van der Waals surface area contributed by atoms with E-state index < -0.39 is 18.3 Å². The Morgan fingerprint density at radius 1 is 1.29 bits per heavy atom. The van der Waals surface area contributed by atoms with E-state index in [1.54, 1.807) is 0 Å². The van der Waals surface area contributed by atoms with Gasteiger partial charge in [0.05, 0.1) is 11.9 Å². The number of hydrogen-bond donors (Lipinski definition) is 1. The highest BCUT2D eigenvalue weighted by Gasteiger charge is 2.30. The van der Waals surface area contributed by atoms with E-state index in [2.05, 4.69) is 10.4 Å². The second-order valence-corrected chi connectivity index (χ2v) is 5.66. The number of hydrogen-bond acceptors (Lipinski definition) is 3. The second kappa shape index (κ2) is 6.68. The van der Waals surface area contributed by atoms with Gasteiger partial charge in [0, 0.05) is 6.04 Å². The highest BCUT2D eigenvalue weighted by Crippen LogP contribution is 2.24. The fourth-order valence-corrected chi connectivity index (χ4v) is 2.69. The van der Waals surface area contributed by atoms with Crippen molar-refractivity contribution in [3.63, 3.8) is 0 Å². The van der Waals surface area contributed by atoms with Crippen LogP contribution in [0.3, 0.4) is 0 Å². The zero-order valence-corrected chi connectivity index (χ0v) is 12.2. The molecule has 1 saturated carbocycles. The Morgan fingerprint density at radius 3 is 2.48 bits per heavy atom. The summed E-state index contributed by atoms with van der Waals surface area (Å²) in [5.41, 5.74) is -0.611. The number of aromatic nitrogens is 2. The number of nitrogens with zero attached hydrogens (tertiary/aromatic N) is 2. The quantitative estimate of drug-likeness (QED) is 0.865. The maximum atomic E-state index is 12.3. The number of rotatable bonds is 3. The summed E-state index contributed by atoms with van der Waals surface area (Å²) < 4.78 is 37.3. The Balaban J connectivity index is 2.14. The molecular formula is C13H17ClF3N3O. The van der Waals surface area contributed by atoms with Crippen LogP contribution in [0.25, 0.3) is 0 Å². The molecule has 118 valence electrons. The molecule has 0 bridgehead atoms. The Morgan fingerprint density at radius 2 is 1.90 bits per heavy atom. The molecule has 1 aliphatic carbocycles. The predicted molar refractivity (Wildman–Crippen MR) is 74.7 cm³/mol. The monoisotopic (exact) mass is 323 g/mol. The predicted octanol–water partition coefficient (Wildman–Crippen LogP) is 3.59. The summed E-state index contributed by atoms with van der Waals surface area (Å²) in [6.45, 7) is -1.44. The van der Waals surface area contributed by atoms with Gasteiger partial charge < -0.3 is 5.32 Å². The molecular weight excluding hydrogens is 307 g/mol. The summed E-state index contributed by atoms with van der Waals surface area (Å²) in [6.07, 6.45) is 3.15. The molecule has 21 heavy (non-hydrogen) atoms. The van der Waals surface area contributed by atoms with Gasteiger partial charge in [-0.25, -0.2) is 4.68 Å². The first-order chi connectivity index (χ1) is 9.87. The molecule has 4 nitrogen and oxygen atoms in total. The van der Waals surface area contributed by atoms with Crippen molar-refractivity contribution < 1.29 is 13.2 Å². The number of alkyl halides is 3. The third-order valence-electron chi connectivity index (χ3n) is 3.53. The van der Waals surface area contributed by atoms with Gasteiger partial charge in [0.15, 0.2) is 0 Å². The van der Waals surface area contributed by atoms with Crippen molar-refractivity contribution in [2.24, 2.45) is 0 Å². The van der Waals surface area contributed by atoms with Crippen molar-refractivity contribution in [1.29, 1.82) is 0 Å². The van der Waals surface area contributed by atoms with Gasteiger partial charge in [0.1, 0.15) is 11.6 Å². The average Bonchev–Trinajstić information content (AvgIpc) is 2.66. The van der Waals surface area contributed by atoms with Crippen LogP contribution < -0.4 is 10.9 Å². The lowest BCUT2D eigenvalue weighted by Gasteiger charge is -2.18. The maximum absolute atomic E-state index is 12.3. The van der Waals surface area contributed by atoms with Crippen LogP contribution >= 0.6 is 11.6 Å². The van der Waals surface area contributed by atoms with E-state index in [1.807, 2.05) is 0 Å². The summed E-state index contributed by atoms with van der Waals surface area (Å²) >= 11 is 5.88. The van der Waals surface area contributed by atoms with E-state index in [9.17, 15) is 18.0 Å². The molecule has 0 aliphatic heterocycles. The highest BCUT2D eigenvalue weighted by atomic mass is 35.5. The third-order valence-corrected chi connectivity index (χ3v) is 3.89. The molecule has 0 aromatic carbocycles. The molecule has 0 saturated heterocycles. The molecule has 1 aromatic heterocycles. The minimum atomic E-state index is -4.50. The first kappa shape index (κ1) is 16.1. The fraction of sp³-hybridized carbons (Fsp3) is 0.692. The first-order valence-corrected chi connectivity index (χ1v) is 7.33. The lowest BCUT2D eigenvalue weighted by molar-refractivity contribution is -0.143. The van der Waals surface area contributed by atoms with Crippen LogP contribution in [0.2, 0.25) is 5.02 Å². The molecule has 8 heteroatoms. The standard InChI is InChI=1S/C13H17ClF3N3O/c14-11-10(19-9-5-3-1-2-4-6-9)7-18-20(12(11)21)8-13(15,16)17/h7,9,19H,1-6,8H2. The lowest BCUT2D eigenvalue weighted by Crippen LogP contribution is -2.31. The van der Waals surface area contributed by atoms with Gasteiger partial charge >= 0.3 is 6.18 Å². The minimum absolute atomic E-state index is 0.185. The molecule has 0 atom stereocenters. The van der Waals surface area contributed by atoms with Crippen molar-refractivity contribution in [3.05, 3.63) is 21.6 Å². The topological polar surface area (TPSA) is 46.9 Å². The molecule has 0 amide bonds. The van der Waals surface area contributed by atoms with Gasteiger partial charge in [-0.2, -0.15) is 18.3 Å². The molecule has 1 fully saturated rings. The summed E-state index contributed by atoms with van der Waals surface area (Å²) in [7, 11) is 0. The van der Waals surface area contributed by atoms with Crippen LogP contribution in [0.4, 0.5) is 18.9 Å². The number of nitrogens with one attached hydrogen (secondary N) is 1. The molecule has 2 rings (SSSR count). The Kier molecular flexibility index (Phi) is 5.13. The molecule has 0 unspecified atom stereocenters. The third kappa shape index (κ3) is 4.62. The smallest absolute Gasteiger partial charge is 0.380 e. The lowest BCUT2D eigenvalue weighted by atomic mass is 10.1. The van der Waals surface area contributed by atoms with Crippen molar-refractivity contribution >= 4 is 17.3 Å². The maximum Gasteiger partial charge on any atom is 0.408 e. The van der Waals surface area contributed by atoms with Gasteiger partial charge in [-0.1, -0.05) is 37.3 Å². The molecule has 1 aliphatic rings. The molecule has 0 radical (unpaired) electrons. The zero-order chi connectivity index (χ0) is 15.5. The average molecular weight is 324 g/mol. The van der Waals surface area contributed by atoms with Crippen LogP contribution in [0.15, 0.2) is 11.0 Å². The summed E-state index contributed by atoms with van der Waals surface area (Å²) in [6, 6.07) is 0.185. The highest BCUT2D eigenvalue weighted by molar-refractivity contribution is 6.32. The van der Waals surface area contributed by atoms with E-state index in [0.717, 1.165) is 25.7 Å². The van der Waals surface area contributed by atoms with Crippen molar-refractivity contribution in [3.8, 4) is 0 Å². The molecule has 1 aromatic rings. The summed E-state index contributed by atoms with van der Waals surface area (Å²) in [4.78, 5) is 11.8. The second-order valence-electron chi connectivity index (χ2n) is 5.28. The summed E-state index contributed by atoms with van der Waals surface area (Å²) in [5.74, 6) is 0. The van der Waals surface area contributed by atoms with Gasteiger partial charge in [-0.3, -0.25) is 4.79 Å². The van der Waals surface area contributed by atoms with E-state index >= 15 is 0 Å². The van der Waals surface area contributed by atoms with Crippen molar-refractivity contribution in [1.82, 2.24) is 9.78 Å². The van der Waals surface area contributed by atoms with Crippen LogP contribution in [-0.2, 0) is 6.54 Å².